The van der Waals surface area contributed by atoms with Crippen molar-refractivity contribution in [3.63, 3.8) is 0 Å². The van der Waals surface area contributed by atoms with E-state index in [-0.39, 0.29) is 41.7 Å². The summed E-state index contributed by atoms with van der Waals surface area (Å²) in [5.41, 5.74) is 0. The Hall–Kier alpha value is -0.180. The number of hydrogen-bond donors (Lipinski definition) is 3. The second kappa shape index (κ2) is 6.33. The standard InChI is InChI=1S/C6H13N3O3S.BrH/c10-6-5-7-1-2-9-13(11,12)4-3-8-6;/h7,9H,1-5H2,(H,8,10);1H. The summed E-state index contributed by atoms with van der Waals surface area (Å²) in [5, 5.41) is 5.29. The van der Waals surface area contributed by atoms with Gasteiger partial charge in [-0.3, -0.25) is 4.79 Å². The molecule has 6 nitrogen and oxygen atoms in total. The minimum absolute atomic E-state index is 0. The van der Waals surface area contributed by atoms with Crippen LogP contribution in [0, 0.1) is 0 Å². The summed E-state index contributed by atoms with van der Waals surface area (Å²) >= 11 is 0. The number of sulfonamides is 1. The lowest BCUT2D eigenvalue weighted by molar-refractivity contribution is -0.120. The van der Waals surface area contributed by atoms with Gasteiger partial charge in [0.2, 0.25) is 15.9 Å². The second-order valence-electron chi connectivity index (χ2n) is 2.74. The predicted octanol–water partition coefficient (Wildman–Crippen LogP) is -1.80. The molecule has 0 atom stereocenters. The molecule has 0 bridgehead atoms. The van der Waals surface area contributed by atoms with E-state index in [1.54, 1.807) is 0 Å². The van der Waals surface area contributed by atoms with Crippen molar-refractivity contribution in [2.24, 2.45) is 0 Å². The second-order valence-corrected chi connectivity index (χ2v) is 4.67. The lowest BCUT2D eigenvalue weighted by Crippen LogP contribution is -2.43. The molecule has 0 spiro atoms. The minimum Gasteiger partial charge on any atom is -0.354 e. The van der Waals surface area contributed by atoms with Crippen LogP contribution >= 0.6 is 17.0 Å². The first-order valence-electron chi connectivity index (χ1n) is 4.05. The number of hydrogen-bond acceptors (Lipinski definition) is 4. The van der Waals surface area contributed by atoms with Crippen molar-refractivity contribution in [3.8, 4) is 0 Å². The van der Waals surface area contributed by atoms with Crippen LogP contribution in [0.3, 0.4) is 0 Å². The largest absolute Gasteiger partial charge is 0.354 e. The molecule has 0 aromatic rings. The van der Waals surface area contributed by atoms with E-state index in [4.69, 9.17) is 0 Å². The summed E-state index contributed by atoms with van der Waals surface area (Å²) in [7, 11) is -3.21. The van der Waals surface area contributed by atoms with Gasteiger partial charge in [-0.05, 0) is 0 Å². The molecular formula is C6H14BrN3O3S. The predicted molar refractivity (Wildman–Crippen MR) is 58.0 cm³/mol. The number of carbonyl (C=O) groups excluding carboxylic acids is 1. The molecule has 8 heteroatoms. The highest BCUT2D eigenvalue weighted by Crippen LogP contribution is 1.83. The molecule has 0 radical (unpaired) electrons. The first-order valence-corrected chi connectivity index (χ1v) is 5.70. The van der Waals surface area contributed by atoms with Gasteiger partial charge in [-0.15, -0.1) is 17.0 Å². The molecule has 1 aliphatic heterocycles. The summed E-state index contributed by atoms with van der Waals surface area (Å²) in [4.78, 5) is 10.9. The smallest absolute Gasteiger partial charge is 0.233 e. The van der Waals surface area contributed by atoms with Crippen molar-refractivity contribution < 1.29 is 13.2 Å². The van der Waals surface area contributed by atoms with Crippen LogP contribution in [0.4, 0.5) is 0 Å². The normalized spacial score (nSPS) is 23.0. The molecule has 14 heavy (non-hydrogen) atoms. The van der Waals surface area contributed by atoms with Gasteiger partial charge in [-0.1, -0.05) is 0 Å². The molecule has 3 N–H and O–H groups in total. The van der Waals surface area contributed by atoms with Crippen molar-refractivity contribution in [3.05, 3.63) is 0 Å². The van der Waals surface area contributed by atoms with Gasteiger partial charge in [0, 0.05) is 19.6 Å². The Labute approximate surface area is 93.6 Å². The quantitative estimate of drug-likeness (QED) is 0.491. The Morgan fingerprint density at radius 2 is 1.86 bits per heavy atom. The van der Waals surface area contributed by atoms with Crippen LogP contribution in [0.1, 0.15) is 0 Å². The first kappa shape index (κ1) is 13.8. The topological polar surface area (TPSA) is 87.3 Å². The molecule has 1 fully saturated rings. The summed E-state index contributed by atoms with van der Waals surface area (Å²) in [5.74, 6) is -0.226. The van der Waals surface area contributed by atoms with Crippen molar-refractivity contribution >= 4 is 32.9 Å². The molecule has 0 saturated carbocycles. The summed E-state index contributed by atoms with van der Waals surface area (Å²) in [6, 6.07) is 0. The number of rotatable bonds is 0. The molecule has 0 aromatic heterocycles. The molecule has 1 heterocycles. The minimum atomic E-state index is -3.21. The zero-order valence-corrected chi connectivity index (χ0v) is 10.1. The third-order valence-corrected chi connectivity index (χ3v) is 2.99. The van der Waals surface area contributed by atoms with Crippen LogP contribution in [-0.2, 0) is 14.8 Å². The third kappa shape index (κ3) is 5.53. The van der Waals surface area contributed by atoms with Crippen LogP contribution in [0.15, 0.2) is 0 Å². The van der Waals surface area contributed by atoms with Crippen LogP contribution in [0.5, 0.6) is 0 Å². The van der Waals surface area contributed by atoms with Crippen LogP contribution in [-0.4, -0.2) is 46.3 Å². The van der Waals surface area contributed by atoms with E-state index in [1.807, 2.05) is 0 Å². The van der Waals surface area contributed by atoms with E-state index >= 15 is 0 Å². The average Bonchev–Trinajstić information content (AvgIpc) is 2.02. The highest BCUT2D eigenvalue weighted by molar-refractivity contribution is 8.93. The van der Waals surface area contributed by atoms with Crippen molar-refractivity contribution in [1.29, 1.82) is 0 Å². The fourth-order valence-electron chi connectivity index (χ4n) is 0.956. The van der Waals surface area contributed by atoms with E-state index in [1.165, 1.54) is 0 Å². The van der Waals surface area contributed by atoms with Gasteiger partial charge in [0.1, 0.15) is 0 Å². The number of nitrogens with one attached hydrogen (secondary N) is 3. The maximum atomic E-state index is 11.1. The van der Waals surface area contributed by atoms with Gasteiger partial charge in [0.15, 0.2) is 0 Å². The fraction of sp³-hybridized carbons (Fsp3) is 0.833. The molecule has 0 aromatic carbocycles. The number of halogens is 1. The van der Waals surface area contributed by atoms with Crippen LogP contribution in [0.25, 0.3) is 0 Å². The maximum absolute atomic E-state index is 11.1. The van der Waals surface area contributed by atoms with Gasteiger partial charge >= 0.3 is 0 Å². The highest BCUT2D eigenvalue weighted by atomic mass is 79.9. The van der Waals surface area contributed by atoms with Crippen molar-refractivity contribution in [1.82, 2.24) is 15.4 Å². The van der Waals surface area contributed by atoms with Gasteiger partial charge in [-0.2, -0.15) is 0 Å². The lowest BCUT2D eigenvalue weighted by Gasteiger charge is -2.11. The Kier molecular flexibility index (Phi) is 6.25. The summed E-state index contributed by atoms with van der Waals surface area (Å²) in [6.07, 6.45) is 0. The van der Waals surface area contributed by atoms with E-state index in [9.17, 15) is 13.2 Å². The van der Waals surface area contributed by atoms with Crippen LogP contribution in [0.2, 0.25) is 0 Å². The fourth-order valence-corrected chi connectivity index (χ4v) is 1.88. The van der Waals surface area contributed by atoms with E-state index < -0.39 is 10.0 Å². The molecule has 84 valence electrons. The Balaban J connectivity index is 0.00000169. The summed E-state index contributed by atoms with van der Waals surface area (Å²) in [6.45, 7) is 1.19. The van der Waals surface area contributed by atoms with Gasteiger partial charge in [0.05, 0.1) is 12.3 Å². The van der Waals surface area contributed by atoms with Crippen molar-refractivity contribution in [2.75, 3.05) is 31.9 Å². The molecular weight excluding hydrogens is 274 g/mol. The van der Waals surface area contributed by atoms with E-state index in [0.717, 1.165) is 0 Å². The monoisotopic (exact) mass is 287 g/mol. The van der Waals surface area contributed by atoms with E-state index in [0.29, 0.717) is 13.1 Å². The molecule has 1 rings (SSSR count). The van der Waals surface area contributed by atoms with Gasteiger partial charge in [0.25, 0.3) is 0 Å². The van der Waals surface area contributed by atoms with Crippen LogP contribution < -0.4 is 15.4 Å². The lowest BCUT2D eigenvalue weighted by atomic mass is 10.5. The number of carbonyl (C=O) groups is 1. The summed E-state index contributed by atoms with van der Waals surface area (Å²) < 4.78 is 24.6. The molecule has 1 aliphatic rings. The average molecular weight is 288 g/mol. The Morgan fingerprint density at radius 3 is 2.57 bits per heavy atom. The Bertz CT molecular complexity index is 280. The molecule has 0 aliphatic carbocycles. The first-order chi connectivity index (χ1) is 6.10. The zero-order valence-electron chi connectivity index (χ0n) is 7.58. The van der Waals surface area contributed by atoms with E-state index in [2.05, 4.69) is 15.4 Å². The zero-order chi connectivity index (χ0) is 9.73. The van der Waals surface area contributed by atoms with Crippen molar-refractivity contribution in [2.45, 2.75) is 0 Å². The Morgan fingerprint density at radius 1 is 1.14 bits per heavy atom. The highest BCUT2D eigenvalue weighted by Gasteiger charge is 2.11. The maximum Gasteiger partial charge on any atom is 0.233 e. The van der Waals surface area contributed by atoms with Gasteiger partial charge < -0.3 is 10.6 Å². The molecule has 1 saturated heterocycles. The van der Waals surface area contributed by atoms with Gasteiger partial charge in [-0.25, -0.2) is 13.1 Å². The third-order valence-electron chi connectivity index (χ3n) is 1.60. The molecule has 1 amide bonds. The SMILES string of the molecule is Br.O=C1CNCCNS(=O)(=O)CCN1. The number of amides is 1. The molecule has 0 unspecified atom stereocenters.